The molecule has 108 valence electrons. The van der Waals surface area contributed by atoms with Crippen LogP contribution in [0.25, 0.3) is 0 Å². The average molecular weight is 271 g/mol. The largest absolute Gasteiger partial charge is 0.313 e. The fourth-order valence-corrected chi connectivity index (χ4v) is 2.38. The molecule has 0 amide bonds. The molecule has 0 saturated carbocycles. The van der Waals surface area contributed by atoms with Crippen LogP contribution in [0.15, 0.2) is 30.3 Å². The molecule has 2 rings (SSSR count). The SMILES string of the molecule is CCc1ccc(CNCCCn2nc(C)cc2C)cc1. The van der Waals surface area contributed by atoms with E-state index in [-0.39, 0.29) is 0 Å². The molecule has 0 atom stereocenters. The van der Waals surface area contributed by atoms with Gasteiger partial charge in [-0.05, 0) is 50.4 Å². The normalized spacial score (nSPS) is 10.9. The van der Waals surface area contributed by atoms with E-state index in [9.17, 15) is 0 Å². The molecule has 2 aromatic rings. The van der Waals surface area contributed by atoms with E-state index in [2.05, 4.69) is 59.3 Å². The maximum absolute atomic E-state index is 4.47. The van der Waals surface area contributed by atoms with E-state index in [0.717, 1.165) is 38.2 Å². The zero-order chi connectivity index (χ0) is 14.4. The van der Waals surface area contributed by atoms with E-state index < -0.39 is 0 Å². The third kappa shape index (κ3) is 4.20. The molecule has 0 aliphatic carbocycles. The van der Waals surface area contributed by atoms with E-state index in [1.54, 1.807) is 0 Å². The summed E-state index contributed by atoms with van der Waals surface area (Å²) in [6.07, 6.45) is 2.21. The number of aromatic nitrogens is 2. The van der Waals surface area contributed by atoms with Crippen LogP contribution in [0.5, 0.6) is 0 Å². The standard InChI is InChI=1S/C17H25N3/c1-4-16-6-8-17(9-7-16)13-18-10-5-11-20-15(3)12-14(2)19-20/h6-9,12,18H,4-5,10-11,13H2,1-3H3. The highest BCUT2D eigenvalue weighted by Crippen LogP contribution is 2.05. The Balaban J connectivity index is 1.67. The zero-order valence-electron chi connectivity index (χ0n) is 12.8. The number of aryl methyl sites for hydroxylation is 4. The fraction of sp³-hybridized carbons (Fsp3) is 0.471. The smallest absolute Gasteiger partial charge is 0.0596 e. The molecular formula is C17H25N3. The van der Waals surface area contributed by atoms with Crippen molar-refractivity contribution in [3.63, 3.8) is 0 Å². The summed E-state index contributed by atoms with van der Waals surface area (Å²) >= 11 is 0. The van der Waals surface area contributed by atoms with Crippen molar-refractivity contribution in [3.05, 3.63) is 52.8 Å². The van der Waals surface area contributed by atoms with Crippen molar-refractivity contribution in [3.8, 4) is 0 Å². The number of hydrogen-bond donors (Lipinski definition) is 1. The fourth-order valence-electron chi connectivity index (χ4n) is 2.38. The Morgan fingerprint density at radius 1 is 1.10 bits per heavy atom. The van der Waals surface area contributed by atoms with Gasteiger partial charge in [-0.2, -0.15) is 5.10 Å². The summed E-state index contributed by atoms with van der Waals surface area (Å²) in [4.78, 5) is 0. The lowest BCUT2D eigenvalue weighted by molar-refractivity contribution is 0.532. The first-order chi connectivity index (χ1) is 9.69. The minimum absolute atomic E-state index is 0.946. The first-order valence-electron chi connectivity index (χ1n) is 7.48. The first-order valence-corrected chi connectivity index (χ1v) is 7.48. The van der Waals surface area contributed by atoms with Crippen molar-refractivity contribution in [2.24, 2.45) is 0 Å². The molecule has 0 aliphatic rings. The average Bonchev–Trinajstić information content (AvgIpc) is 2.77. The van der Waals surface area contributed by atoms with Gasteiger partial charge in [-0.25, -0.2) is 0 Å². The maximum atomic E-state index is 4.47. The third-order valence-corrected chi connectivity index (χ3v) is 3.59. The molecule has 0 aliphatic heterocycles. The van der Waals surface area contributed by atoms with Crippen LogP contribution in [-0.2, 0) is 19.5 Å². The minimum atomic E-state index is 0.946. The monoisotopic (exact) mass is 271 g/mol. The van der Waals surface area contributed by atoms with Gasteiger partial charge in [-0.1, -0.05) is 31.2 Å². The van der Waals surface area contributed by atoms with Crippen LogP contribution in [0.1, 0.15) is 35.9 Å². The number of nitrogens with one attached hydrogen (secondary N) is 1. The molecule has 1 aromatic carbocycles. The number of benzene rings is 1. The summed E-state index contributed by atoms with van der Waals surface area (Å²) in [5.41, 5.74) is 5.11. The van der Waals surface area contributed by atoms with Crippen molar-refractivity contribution in [1.82, 2.24) is 15.1 Å². The van der Waals surface area contributed by atoms with Crippen LogP contribution >= 0.6 is 0 Å². The van der Waals surface area contributed by atoms with Gasteiger partial charge < -0.3 is 5.32 Å². The molecule has 1 heterocycles. The van der Waals surface area contributed by atoms with Gasteiger partial charge in [-0.3, -0.25) is 4.68 Å². The summed E-state index contributed by atoms with van der Waals surface area (Å²) in [5.74, 6) is 0. The van der Waals surface area contributed by atoms with E-state index >= 15 is 0 Å². The predicted octanol–water partition coefficient (Wildman–Crippen LogP) is 3.24. The van der Waals surface area contributed by atoms with Gasteiger partial charge in [-0.15, -0.1) is 0 Å². The quantitative estimate of drug-likeness (QED) is 0.783. The molecule has 20 heavy (non-hydrogen) atoms. The van der Waals surface area contributed by atoms with Crippen LogP contribution in [0.2, 0.25) is 0 Å². The summed E-state index contributed by atoms with van der Waals surface area (Å²) in [6.45, 7) is 9.30. The summed E-state index contributed by atoms with van der Waals surface area (Å²) < 4.78 is 2.09. The molecule has 0 fully saturated rings. The summed E-state index contributed by atoms with van der Waals surface area (Å²) in [5, 5.41) is 7.97. The highest BCUT2D eigenvalue weighted by atomic mass is 15.3. The lowest BCUT2D eigenvalue weighted by Crippen LogP contribution is -2.17. The summed E-state index contributed by atoms with van der Waals surface area (Å²) in [6, 6.07) is 11.0. The van der Waals surface area contributed by atoms with Gasteiger partial charge >= 0.3 is 0 Å². The molecule has 1 N–H and O–H groups in total. The van der Waals surface area contributed by atoms with Gasteiger partial charge in [0.05, 0.1) is 5.69 Å². The Labute approximate surface area is 122 Å². The Morgan fingerprint density at radius 2 is 1.80 bits per heavy atom. The lowest BCUT2D eigenvalue weighted by Gasteiger charge is -2.07. The van der Waals surface area contributed by atoms with Crippen molar-refractivity contribution >= 4 is 0 Å². The van der Waals surface area contributed by atoms with Crippen molar-refractivity contribution < 1.29 is 0 Å². The highest BCUT2D eigenvalue weighted by Gasteiger charge is 2.00. The van der Waals surface area contributed by atoms with E-state index in [1.807, 2.05) is 6.92 Å². The van der Waals surface area contributed by atoms with Crippen LogP contribution < -0.4 is 5.32 Å². The van der Waals surface area contributed by atoms with Crippen LogP contribution in [-0.4, -0.2) is 16.3 Å². The van der Waals surface area contributed by atoms with E-state index in [4.69, 9.17) is 0 Å². The predicted molar refractivity (Wildman–Crippen MR) is 83.8 cm³/mol. The van der Waals surface area contributed by atoms with Gasteiger partial charge in [0, 0.05) is 18.8 Å². The van der Waals surface area contributed by atoms with Crippen LogP contribution in [0, 0.1) is 13.8 Å². The Bertz CT molecular complexity index is 526. The van der Waals surface area contributed by atoms with Crippen molar-refractivity contribution in [2.45, 2.75) is 46.7 Å². The lowest BCUT2D eigenvalue weighted by atomic mass is 10.1. The topological polar surface area (TPSA) is 29.9 Å². The molecule has 3 nitrogen and oxygen atoms in total. The third-order valence-electron chi connectivity index (χ3n) is 3.59. The van der Waals surface area contributed by atoms with Gasteiger partial charge in [0.1, 0.15) is 0 Å². The Morgan fingerprint density at radius 3 is 2.40 bits per heavy atom. The minimum Gasteiger partial charge on any atom is -0.313 e. The molecular weight excluding hydrogens is 246 g/mol. The van der Waals surface area contributed by atoms with Gasteiger partial charge in [0.15, 0.2) is 0 Å². The van der Waals surface area contributed by atoms with E-state index in [0.29, 0.717) is 0 Å². The first kappa shape index (κ1) is 14.8. The second-order valence-electron chi connectivity index (χ2n) is 5.35. The molecule has 0 unspecified atom stereocenters. The second-order valence-corrected chi connectivity index (χ2v) is 5.35. The molecule has 0 spiro atoms. The molecule has 1 aromatic heterocycles. The van der Waals surface area contributed by atoms with Gasteiger partial charge in [0.2, 0.25) is 0 Å². The zero-order valence-corrected chi connectivity index (χ0v) is 12.8. The van der Waals surface area contributed by atoms with Crippen molar-refractivity contribution in [1.29, 1.82) is 0 Å². The molecule has 3 heteroatoms. The van der Waals surface area contributed by atoms with E-state index in [1.165, 1.54) is 16.8 Å². The molecule has 0 radical (unpaired) electrons. The van der Waals surface area contributed by atoms with Crippen LogP contribution in [0.4, 0.5) is 0 Å². The Hall–Kier alpha value is -1.61. The van der Waals surface area contributed by atoms with Crippen LogP contribution in [0.3, 0.4) is 0 Å². The maximum Gasteiger partial charge on any atom is 0.0596 e. The van der Waals surface area contributed by atoms with Crippen molar-refractivity contribution in [2.75, 3.05) is 6.54 Å². The Kier molecular flexibility index (Phi) is 5.36. The number of rotatable bonds is 7. The van der Waals surface area contributed by atoms with Gasteiger partial charge in [0.25, 0.3) is 0 Å². The summed E-state index contributed by atoms with van der Waals surface area (Å²) in [7, 11) is 0. The number of hydrogen-bond acceptors (Lipinski definition) is 2. The number of nitrogens with zero attached hydrogens (tertiary/aromatic N) is 2. The molecule has 0 bridgehead atoms. The second kappa shape index (κ2) is 7.25. The highest BCUT2D eigenvalue weighted by molar-refractivity contribution is 5.22. The molecule has 0 saturated heterocycles.